The largest absolute Gasteiger partial charge is 0.385 e. The molecule has 0 unspecified atom stereocenters. The Bertz CT molecular complexity index is 784. The van der Waals surface area contributed by atoms with E-state index in [4.69, 9.17) is 9.47 Å². The van der Waals surface area contributed by atoms with Crippen LogP contribution in [-0.2, 0) is 29.0 Å². The van der Waals surface area contributed by atoms with Gasteiger partial charge in [0.05, 0.1) is 0 Å². The number of carbonyl (C=O) groups is 1. The van der Waals surface area contributed by atoms with Crippen molar-refractivity contribution in [2.75, 3.05) is 13.2 Å². The number of hydrogen-bond donors (Lipinski definition) is 0. The molecule has 124 valence electrons. The Balaban J connectivity index is 1.36. The summed E-state index contributed by atoms with van der Waals surface area (Å²) in [4.78, 5) is 19.4. The predicted molar refractivity (Wildman–Crippen MR) is 85.3 cm³/mol. The fourth-order valence-electron chi connectivity index (χ4n) is 3.19. The summed E-state index contributed by atoms with van der Waals surface area (Å²) >= 11 is 0. The number of fused-ring (bicyclic) bond motifs is 2. The van der Waals surface area contributed by atoms with E-state index in [0.717, 1.165) is 31.4 Å². The number of aryl methyl sites for hydroxylation is 1. The molecule has 0 atom stereocenters. The molecule has 0 radical (unpaired) electrons. The van der Waals surface area contributed by atoms with Gasteiger partial charge < -0.3 is 9.74 Å². The first-order chi connectivity index (χ1) is 11.8. The highest BCUT2D eigenvalue weighted by molar-refractivity contribution is 6.00. The lowest BCUT2D eigenvalue weighted by Gasteiger charge is -2.28. The maximum absolute atomic E-state index is 12.3. The lowest BCUT2D eigenvalue weighted by molar-refractivity contribution is -0.137. The molecule has 0 fully saturated rings. The second-order valence-electron chi connectivity index (χ2n) is 6.06. The molecule has 0 bridgehead atoms. The van der Waals surface area contributed by atoms with Gasteiger partial charge in [-0.05, 0) is 42.0 Å². The van der Waals surface area contributed by atoms with Crippen molar-refractivity contribution in [3.8, 4) is 0 Å². The Kier molecular flexibility index (Phi) is 3.98. The topological polar surface area (TPSA) is 80.8 Å². The molecule has 0 saturated carbocycles. The van der Waals surface area contributed by atoms with Gasteiger partial charge in [-0.15, -0.1) is 0 Å². The molecule has 0 spiro atoms. The minimum Gasteiger partial charge on any atom is -0.385 e. The van der Waals surface area contributed by atoms with Gasteiger partial charge in [0.25, 0.3) is 5.91 Å². The molecule has 7 heteroatoms. The standard InChI is InChI=1S/C17H18N4O3/c22-16(21-9-8-12-4-1-2-5-13(12)10-21)11-23-18-14-6-3-7-15-17(14)20-24-19-15/h1-2,4-5H,3,6-11H2. The second-order valence-corrected chi connectivity index (χ2v) is 6.06. The van der Waals surface area contributed by atoms with Crippen LogP contribution in [-0.4, -0.2) is 40.0 Å². The van der Waals surface area contributed by atoms with E-state index in [-0.39, 0.29) is 12.5 Å². The molecule has 1 aromatic heterocycles. The van der Waals surface area contributed by atoms with Crippen molar-refractivity contribution >= 4 is 11.6 Å². The van der Waals surface area contributed by atoms with Gasteiger partial charge in [0.15, 0.2) is 12.3 Å². The Morgan fingerprint density at radius 2 is 2.08 bits per heavy atom. The molecule has 1 amide bonds. The van der Waals surface area contributed by atoms with Crippen molar-refractivity contribution < 1.29 is 14.3 Å². The van der Waals surface area contributed by atoms with E-state index < -0.39 is 0 Å². The van der Waals surface area contributed by atoms with Crippen LogP contribution in [0, 0.1) is 0 Å². The number of carbonyl (C=O) groups excluding carboxylic acids is 1. The number of amides is 1. The molecule has 7 nitrogen and oxygen atoms in total. The third-order valence-electron chi connectivity index (χ3n) is 4.50. The molecule has 1 aliphatic carbocycles. The van der Waals surface area contributed by atoms with Crippen LogP contribution in [0.2, 0.25) is 0 Å². The van der Waals surface area contributed by atoms with Crippen LogP contribution in [0.3, 0.4) is 0 Å². The van der Waals surface area contributed by atoms with Crippen molar-refractivity contribution in [2.45, 2.75) is 32.2 Å². The van der Waals surface area contributed by atoms with Crippen LogP contribution in [0.15, 0.2) is 34.1 Å². The molecule has 2 aromatic rings. The highest BCUT2D eigenvalue weighted by Gasteiger charge is 2.23. The third kappa shape index (κ3) is 2.89. The number of rotatable bonds is 3. The highest BCUT2D eigenvalue weighted by atomic mass is 16.6. The molecule has 1 aliphatic heterocycles. The Labute approximate surface area is 139 Å². The van der Waals surface area contributed by atoms with Gasteiger partial charge in [-0.25, -0.2) is 4.63 Å². The summed E-state index contributed by atoms with van der Waals surface area (Å²) in [5.74, 6) is -0.0526. The van der Waals surface area contributed by atoms with Crippen molar-refractivity contribution in [1.82, 2.24) is 15.2 Å². The fraction of sp³-hybridized carbons (Fsp3) is 0.412. The first-order valence-electron chi connectivity index (χ1n) is 8.16. The van der Waals surface area contributed by atoms with Crippen molar-refractivity contribution in [2.24, 2.45) is 5.16 Å². The molecule has 2 aliphatic rings. The number of hydrogen-bond acceptors (Lipinski definition) is 6. The van der Waals surface area contributed by atoms with Crippen LogP contribution >= 0.6 is 0 Å². The first-order valence-corrected chi connectivity index (χ1v) is 8.16. The van der Waals surface area contributed by atoms with Crippen molar-refractivity contribution in [3.63, 3.8) is 0 Å². The lowest BCUT2D eigenvalue weighted by atomic mass is 9.99. The van der Waals surface area contributed by atoms with Gasteiger partial charge >= 0.3 is 0 Å². The van der Waals surface area contributed by atoms with Crippen LogP contribution in [0.5, 0.6) is 0 Å². The first kappa shape index (κ1) is 14.9. The Morgan fingerprint density at radius 3 is 3.00 bits per heavy atom. The lowest BCUT2D eigenvalue weighted by Crippen LogP contribution is -2.38. The van der Waals surface area contributed by atoms with Crippen LogP contribution in [0.25, 0.3) is 0 Å². The van der Waals surface area contributed by atoms with E-state index in [2.05, 4.69) is 27.6 Å². The zero-order valence-electron chi connectivity index (χ0n) is 13.3. The monoisotopic (exact) mass is 326 g/mol. The summed E-state index contributed by atoms with van der Waals surface area (Å²) in [5, 5.41) is 11.8. The average Bonchev–Trinajstić information content (AvgIpc) is 3.11. The predicted octanol–water partition coefficient (Wildman–Crippen LogP) is 1.71. The fourth-order valence-corrected chi connectivity index (χ4v) is 3.19. The van der Waals surface area contributed by atoms with E-state index in [9.17, 15) is 4.79 Å². The summed E-state index contributed by atoms with van der Waals surface area (Å²) in [6.07, 6.45) is 3.40. The van der Waals surface area contributed by atoms with E-state index in [1.807, 2.05) is 17.0 Å². The second kappa shape index (κ2) is 6.43. The maximum Gasteiger partial charge on any atom is 0.263 e. The summed E-state index contributed by atoms with van der Waals surface area (Å²) in [5.41, 5.74) is 4.68. The van der Waals surface area contributed by atoms with Gasteiger partial charge in [-0.3, -0.25) is 4.79 Å². The van der Waals surface area contributed by atoms with E-state index in [1.165, 1.54) is 11.1 Å². The number of aromatic nitrogens is 2. The molecule has 24 heavy (non-hydrogen) atoms. The summed E-state index contributed by atoms with van der Waals surface area (Å²) in [6, 6.07) is 8.22. The Morgan fingerprint density at radius 1 is 1.21 bits per heavy atom. The normalized spacial score (nSPS) is 18.2. The third-order valence-corrected chi connectivity index (χ3v) is 4.50. The zero-order chi connectivity index (χ0) is 16.4. The zero-order valence-corrected chi connectivity index (χ0v) is 13.3. The van der Waals surface area contributed by atoms with Crippen LogP contribution in [0.1, 0.15) is 35.4 Å². The van der Waals surface area contributed by atoms with Crippen molar-refractivity contribution in [3.05, 3.63) is 46.8 Å². The number of oxime groups is 1. The maximum atomic E-state index is 12.3. The molecule has 0 N–H and O–H groups in total. The molecular weight excluding hydrogens is 308 g/mol. The quantitative estimate of drug-likeness (QED) is 0.802. The Hall–Kier alpha value is -2.70. The molecule has 1 aromatic carbocycles. The minimum absolute atomic E-state index is 0.0526. The van der Waals surface area contributed by atoms with E-state index >= 15 is 0 Å². The van der Waals surface area contributed by atoms with Gasteiger partial charge in [0.2, 0.25) is 0 Å². The van der Waals surface area contributed by atoms with E-state index in [1.54, 1.807) is 0 Å². The van der Waals surface area contributed by atoms with Gasteiger partial charge in [0.1, 0.15) is 11.4 Å². The SMILES string of the molecule is O=C(CON=C1CCCc2nonc21)N1CCc2ccccc2C1. The van der Waals surface area contributed by atoms with Crippen LogP contribution < -0.4 is 0 Å². The molecule has 2 heterocycles. The summed E-state index contributed by atoms with van der Waals surface area (Å²) in [6.45, 7) is 1.28. The van der Waals surface area contributed by atoms with Gasteiger partial charge in [0, 0.05) is 13.1 Å². The minimum atomic E-state index is -0.0632. The van der Waals surface area contributed by atoms with Gasteiger partial charge in [-0.2, -0.15) is 0 Å². The number of benzene rings is 1. The smallest absolute Gasteiger partial charge is 0.263 e. The molecular formula is C17H18N4O3. The van der Waals surface area contributed by atoms with Crippen LogP contribution in [0.4, 0.5) is 0 Å². The van der Waals surface area contributed by atoms with E-state index in [0.29, 0.717) is 24.5 Å². The van der Waals surface area contributed by atoms with Gasteiger partial charge in [-0.1, -0.05) is 34.6 Å². The molecule has 0 saturated heterocycles. The molecule has 4 rings (SSSR count). The summed E-state index contributed by atoms with van der Waals surface area (Å²) in [7, 11) is 0. The van der Waals surface area contributed by atoms with Crippen molar-refractivity contribution in [1.29, 1.82) is 0 Å². The summed E-state index contributed by atoms with van der Waals surface area (Å²) < 4.78 is 4.74. The average molecular weight is 326 g/mol. The highest BCUT2D eigenvalue weighted by Crippen LogP contribution is 2.19. The number of nitrogens with zero attached hydrogens (tertiary/aromatic N) is 4.